The predicted molar refractivity (Wildman–Crippen MR) is 100 cm³/mol. The molecule has 1 atom stereocenters. The van der Waals surface area contributed by atoms with Gasteiger partial charge in [0.05, 0.1) is 17.9 Å². The molecule has 1 aromatic heterocycles. The maximum absolute atomic E-state index is 12.5. The van der Waals surface area contributed by atoms with Gasteiger partial charge in [-0.3, -0.25) is 9.69 Å². The molecule has 5 nitrogen and oxygen atoms in total. The fourth-order valence-corrected chi connectivity index (χ4v) is 3.87. The van der Waals surface area contributed by atoms with Crippen molar-refractivity contribution in [3.05, 3.63) is 58.0 Å². The van der Waals surface area contributed by atoms with Crippen molar-refractivity contribution >= 4 is 5.69 Å². The zero-order valence-electron chi connectivity index (χ0n) is 14.9. The van der Waals surface area contributed by atoms with Crippen molar-refractivity contribution in [2.45, 2.75) is 38.8 Å². The summed E-state index contributed by atoms with van der Waals surface area (Å²) in [5, 5.41) is 4.50. The maximum atomic E-state index is 12.5. The van der Waals surface area contributed by atoms with E-state index in [-0.39, 0.29) is 11.6 Å². The number of likely N-dealkylation sites (tertiary alicyclic amines) is 1. The highest BCUT2D eigenvalue weighted by Gasteiger charge is 2.24. The van der Waals surface area contributed by atoms with Gasteiger partial charge in [0.2, 0.25) is 0 Å². The molecule has 132 valence electrons. The van der Waals surface area contributed by atoms with E-state index < -0.39 is 0 Å². The summed E-state index contributed by atoms with van der Waals surface area (Å²) in [5.74, 6) is 0. The van der Waals surface area contributed by atoms with Crippen LogP contribution in [0.4, 0.5) is 5.69 Å². The van der Waals surface area contributed by atoms with Crippen molar-refractivity contribution in [2.75, 3.05) is 31.1 Å². The summed E-state index contributed by atoms with van der Waals surface area (Å²) in [6.07, 6.45) is 5.21. The minimum absolute atomic E-state index is 0.0341. The highest BCUT2D eigenvalue weighted by molar-refractivity contribution is 5.44. The molecule has 0 N–H and O–H groups in total. The summed E-state index contributed by atoms with van der Waals surface area (Å²) < 4.78 is 1.70. The van der Waals surface area contributed by atoms with Gasteiger partial charge in [-0.05, 0) is 38.3 Å². The molecule has 25 heavy (non-hydrogen) atoms. The van der Waals surface area contributed by atoms with Gasteiger partial charge in [-0.2, -0.15) is 5.10 Å². The third-order valence-corrected chi connectivity index (χ3v) is 5.35. The molecule has 2 aromatic rings. The topological polar surface area (TPSA) is 41.4 Å². The van der Waals surface area contributed by atoms with E-state index in [1.165, 1.54) is 17.5 Å². The predicted octanol–water partition coefficient (Wildman–Crippen LogP) is 2.60. The fourth-order valence-electron chi connectivity index (χ4n) is 3.87. The number of aryl methyl sites for hydroxylation is 1. The molecule has 0 unspecified atom stereocenters. The van der Waals surface area contributed by atoms with E-state index in [2.05, 4.69) is 46.1 Å². The van der Waals surface area contributed by atoms with Crippen LogP contribution in [0.3, 0.4) is 0 Å². The van der Waals surface area contributed by atoms with Crippen molar-refractivity contribution in [2.24, 2.45) is 0 Å². The number of rotatable bonds is 4. The molecule has 4 rings (SSSR count). The van der Waals surface area contributed by atoms with E-state index in [9.17, 15) is 4.79 Å². The summed E-state index contributed by atoms with van der Waals surface area (Å²) in [6, 6.07) is 10.6. The third-order valence-electron chi connectivity index (χ3n) is 5.35. The van der Waals surface area contributed by atoms with E-state index >= 15 is 0 Å². The number of hydrogen-bond donors (Lipinski definition) is 0. The van der Waals surface area contributed by atoms with Crippen LogP contribution in [0.1, 0.15) is 36.4 Å². The van der Waals surface area contributed by atoms with Crippen LogP contribution in [0.5, 0.6) is 0 Å². The van der Waals surface area contributed by atoms with Crippen LogP contribution in [-0.4, -0.2) is 40.9 Å². The molecule has 2 aliphatic rings. The van der Waals surface area contributed by atoms with Gasteiger partial charge in [-0.15, -0.1) is 0 Å². The first-order valence-corrected chi connectivity index (χ1v) is 9.31. The third kappa shape index (κ3) is 3.61. The smallest absolute Gasteiger partial charge is 0.269 e. The second kappa shape index (κ2) is 7.00. The summed E-state index contributed by atoms with van der Waals surface area (Å²) in [6.45, 7) is 7.14. The Hall–Kier alpha value is -2.14. The summed E-state index contributed by atoms with van der Waals surface area (Å²) in [5.41, 5.74) is 3.64. The lowest BCUT2D eigenvalue weighted by atomic mass is 10.0. The second-order valence-electron chi connectivity index (χ2n) is 7.36. The quantitative estimate of drug-likeness (QED) is 0.859. The molecule has 2 saturated heterocycles. The van der Waals surface area contributed by atoms with Gasteiger partial charge in [-0.25, -0.2) is 4.68 Å². The van der Waals surface area contributed by atoms with Gasteiger partial charge in [-0.1, -0.05) is 29.8 Å². The van der Waals surface area contributed by atoms with Crippen molar-refractivity contribution in [3.8, 4) is 0 Å². The van der Waals surface area contributed by atoms with Crippen LogP contribution in [0.2, 0.25) is 0 Å². The van der Waals surface area contributed by atoms with Gasteiger partial charge < -0.3 is 4.90 Å². The van der Waals surface area contributed by atoms with E-state index in [0.717, 1.165) is 51.3 Å². The molecule has 1 aromatic carbocycles. The molecule has 0 amide bonds. The number of piperidine rings is 1. The number of anilines is 1. The largest absolute Gasteiger partial charge is 0.370 e. The molecule has 0 aliphatic carbocycles. The van der Waals surface area contributed by atoms with Crippen molar-refractivity contribution in [1.29, 1.82) is 0 Å². The van der Waals surface area contributed by atoms with Crippen molar-refractivity contribution in [3.63, 3.8) is 0 Å². The van der Waals surface area contributed by atoms with Crippen molar-refractivity contribution in [1.82, 2.24) is 14.7 Å². The number of benzene rings is 1. The van der Waals surface area contributed by atoms with Gasteiger partial charge in [0.15, 0.2) is 0 Å². The molecule has 2 fully saturated rings. The fraction of sp³-hybridized carbons (Fsp3) is 0.500. The first-order chi connectivity index (χ1) is 12.2. The number of nitrogens with zero attached hydrogens (tertiary/aromatic N) is 4. The Morgan fingerprint density at radius 3 is 2.76 bits per heavy atom. The minimum atomic E-state index is 0.0341. The Kier molecular flexibility index (Phi) is 4.57. The van der Waals surface area contributed by atoms with Crippen LogP contribution >= 0.6 is 0 Å². The highest BCUT2D eigenvalue weighted by atomic mass is 16.1. The molecular weight excluding hydrogens is 312 g/mol. The lowest BCUT2D eigenvalue weighted by molar-refractivity contribution is 0.160. The maximum Gasteiger partial charge on any atom is 0.269 e. The van der Waals surface area contributed by atoms with Crippen LogP contribution in [0.25, 0.3) is 0 Å². The standard InChI is InChI=1S/C20H26N4O/c1-16-5-2-6-17(11-16)14-22-8-3-7-18(15-22)24-20(25)12-19(13-21-24)23-9-4-10-23/h2,5-6,11-13,18H,3-4,7-10,14-15H2,1H3/t18-/m0/s1. The Morgan fingerprint density at radius 2 is 2.04 bits per heavy atom. The number of aromatic nitrogens is 2. The Morgan fingerprint density at radius 1 is 1.16 bits per heavy atom. The molecule has 2 aliphatic heterocycles. The zero-order valence-corrected chi connectivity index (χ0v) is 14.9. The zero-order chi connectivity index (χ0) is 17.2. The summed E-state index contributed by atoms with van der Waals surface area (Å²) in [4.78, 5) is 17.2. The molecule has 0 saturated carbocycles. The lowest BCUT2D eigenvalue weighted by Gasteiger charge is -2.34. The van der Waals surface area contributed by atoms with E-state index in [1.54, 1.807) is 10.7 Å². The Bertz CT molecular complexity index is 796. The normalized spacial score (nSPS) is 21.2. The molecule has 3 heterocycles. The molecule has 5 heteroatoms. The van der Waals surface area contributed by atoms with E-state index in [0.29, 0.717) is 0 Å². The second-order valence-corrected chi connectivity index (χ2v) is 7.36. The first-order valence-electron chi connectivity index (χ1n) is 9.31. The highest BCUT2D eigenvalue weighted by Crippen LogP contribution is 2.23. The summed E-state index contributed by atoms with van der Waals surface area (Å²) >= 11 is 0. The Labute approximate surface area is 148 Å². The van der Waals surface area contributed by atoms with Crippen LogP contribution in [0, 0.1) is 6.92 Å². The first kappa shape index (κ1) is 16.3. The minimum Gasteiger partial charge on any atom is -0.370 e. The van der Waals surface area contributed by atoms with Gasteiger partial charge in [0, 0.05) is 32.2 Å². The molecular formula is C20H26N4O. The lowest BCUT2D eigenvalue weighted by Crippen LogP contribution is -2.41. The van der Waals surface area contributed by atoms with Crippen LogP contribution in [0.15, 0.2) is 41.3 Å². The summed E-state index contributed by atoms with van der Waals surface area (Å²) in [7, 11) is 0. The average molecular weight is 338 g/mol. The SMILES string of the molecule is Cc1cccc(CN2CCC[C@H](n3ncc(N4CCC4)cc3=O)C2)c1. The van der Waals surface area contributed by atoms with Gasteiger partial charge in [0.25, 0.3) is 5.56 Å². The van der Waals surface area contributed by atoms with E-state index in [4.69, 9.17) is 0 Å². The van der Waals surface area contributed by atoms with Crippen LogP contribution < -0.4 is 10.5 Å². The molecule has 0 bridgehead atoms. The Balaban J connectivity index is 1.46. The van der Waals surface area contributed by atoms with E-state index in [1.807, 2.05) is 6.20 Å². The molecule has 0 spiro atoms. The van der Waals surface area contributed by atoms with Crippen LogP contribution in [-0.2, 0) is 6.54 Å². The monoisotopic (exact) mass is 338 g/mol. The van der Waals surface area contributed by atoms with Gasteiger partial charge >= 0.3 is 0 Å². The number of hydrogen-bond acceptors (Lipinski definition) is 4. The average Bonchev–Trinajstić information content (AvgIpc) is 2.54. The van der Waals surface area contributed by atoms with Gasteiger partial charge in [0.1, 0.15) is 0 Å². The molecule has 0 radical (unpaired) electrons. The van der Waals surface area contributed by atoms with Crippen molar-refractivity contribution < 1.29 is 0 Å².